The van der Waals surface area contributed by atoms with E-state index >= 15 is 0 Å². The van der Waals surface area contributed by atoms with Crippen molar-refractivity contribution in [3.8, 4) is 11.1 Å². The molecule has 9 heteroatoms. The summed E-state index contributed by atoms with van der Waals surface area (Å²) in [5.74, 6) is -1.33. The number of ether oxygens (including phenoxy) is 3. The van der Waals surface area contributed by atoms with Crippen LogP contribution in [0, 0.1) is 0 Å². The van der Waals surface area contributed by atoms with Crippen molar-refractivity contribution in [3.63, 3.8) is 0 Å². The van der Waals surface area contributed by atoms with Gasteiger partial charge in [0, 0.05) is 25.3 Å². The van der Waals surface area contributed by atoms with E-state index in [1.807, 2.05) is 24.3 Å². The number of unbranched alkanes of at least 4 members (excludes halogenated alkanes) is 2. The first kappa shape index (κ1) is 33.6. The van der Waals surface area contributed by atoms with Gasteiger partial charge in [0.1, 0.15) is 23.9 Å². The lowest BCUT2D eigenvalue weighted by atomic mass is 9.98. The van der Waals surface area contributed by atoms with E-state index in [2.05, 4.69) is 34.9 Å². The summed E-state index contributed by atoms with van der Waals surface area (Å²) in [4.78, 5) is 49.8. The molecule has 1 unspecified atom stereocenters. The standard InChI is InChI=1S/C34H46N2O7/c1-33(2,3)42-30(38)20-19-28(31(39)43-34(4,5)6)36-29(37)18-8-7-13-21-35-32(40)41-22-27-25-16-11-9-14-23(25)24-15-10-12-17-26(24)27/h9-12,14-17,27-28H,7-8,13,18-22H2,1-6H3,(H,35,40)(H,36,37). The number of rotatable bonds is 13. The van der Waals surface area contributed by atoms with Gasteiger partial charge in [-0.1, -0.05) is 55.0 Å². The number of hydrogen-bond acceptors (Lipinski definition) is 7. The number of carbonyl (C=O) groups excluding carboxylic acids is 4. The summed E-state index contributed by atoms with van der Waals surface area (Å²) in [7, 11) is 0. The first-order valence-electron chi connectivity index (χ1n) is 15.1. The molecule has 2 aromatic rings. The third-order valence-electron chi connectivity index (χ3n) is 6.78. The largest absolute Gasteiger partial charge is 0.460 e. The fraction of sp³-hybridized carbons (Fsp3) is 0.529. The van der Waals surface area contributed by atoms with E-state index in [1.54, 1.807) is 41.5 Å². The summed E-state index contributed by atoms with van der Waals surface area (Å²) in [5.41, 5.74) is 3.31. The lowest BCUT2D eigenvalue weighted by Gasteiger charge is -2.25. The summed E-state index contributed by atoms with van der Waals surface area (Å²) >= 11 is 0. The lowest BCUT2D eigenvalue weighted by Crippen LogP contribution is -2.44. The first-order valence-corrected chi connectivity index (χ1v) is 15.1. The smallest absolute Gasteiger partial charge is 0.407 e. The van der Waals surface area contributed by atoms with E-state index in [0.29, 0.717) is 25.8 Å². The van der Waals surface area contributed by atoms with Gasteiger partial charge in [-0.05, 0) is 83.1 Å². The van der Waals surface area contributed by atoms with E-state index in [9.17, 15) is 19.2 Å². The zero-order valence-electron chi connectivity index (χ0n) is 26.3. The Morgan fingerprint density at radius 2 is 1.35 bits per heavy atom. The van der Waals surface area contributed by atoms with Gasteiger partial charge in [-0.2, -0.15) is 0 Å². The van der Waals surface area contributed by atoms with Gasteiger partial charge in [0.25, 0.3) is 0 Å². The van der Waals surface area contributed by atoms with Gasteiger partial charge in [-0.25, -0.2) is 9.59 Å². The van der Waals surface area contributed by atoms with Crippen LogP contribution in [0.15, 0.2) is 48.5 Å². The van der Waals surface area contributed by atoms with Crippen LogP contribution in [-0.2, 0) is 28.6 Å². The van der Waals surface area contributed by atoms with Crippen LogP contribution in [0.4, 0.5) is 4.79 Å². The van der Waals surface area contributed by atoms with Gasteiger partial charge in [0.05, 0.1) is 0 Å². The van der Waals surface area contributed by atoms with Crippen molar-refractivity contribution in [2.24, 2.45) is 0 Å². The second-order valence-electron chi connectivity index (χ2n) is 12.8. The molecule has 0 spiro atoms. The summed E-state index contributed by atoms with van der Waals surface area (Å²) < 4.78 is 16.3. The average molecular weight is 595 g/mol. The van der Waals surface area contributed by atoms with E-state index in [1.165, 1.54) is 11.1 Å². The highest BCUT2D eigenvalue weighted by molar-refractivity contribution is 5.85. The fourth-order valence-electron chi connectivity index (χ4n) is 4.97. The Morgan fingerprint density at radius 1 is 0.767 bits per heavy atom. The van der Waals surface area contributed by atoms with Crippen LogP contribution in [0.2, 0.25) is 0 Å². The second kappa shape index (κ2) is 15.0. The summed E-state index contributed by atoms with van der Waals surface area (Å²) in [6, 6.07) is 15.4. The summed E-state index contributed by atoms with van der Waals surface area (Å²) in [5, 5.41) is 5.50. The zero-order chi connectivity index (χ0) is 31.6. The molecule has 2 amide bonds. The first-order chi connectivity index (χ1) is 20.2. The maximum Gasteiger partial charge on any atom is 0.407 e. The molecule has 1 aliphatic rings. The summed E-state index contributed by atoms with van der Waals surface area (Å²) in [6.07, 6.45) is 1.74. The number of nitrogens with one attached hydrogen (secondary N) is 2. The number of fused-ring (bicyclic) bond motifs is 3. The van der Waals surface area contributed by atoms with Crippen LogP contribution in [0.25, 0.3) is 11.1 Å². The van der Waals surface area contributed by atoms with Crippen LogP contribution < -0.4 is 10.6 Å². The zero-order valence-corrected chi connectivity index (χ0v) is 26.3. The molecule has 2 N–H and O–H groups in total. The van der Waals surface area contributed by atoms with Crippen LogP contribution in [0.3, 0.4) is 0 Å². The third-order valence-corrected chi connectivity index (χ3v) is 6.78. The normalized spacial score (nSPS) is 13.3. The molecule has 3 rings (SSSR count). The van der Waals surface area contributed by atoms with Gasteiger partial charge in [-0.3, -0.25) is 9.59 Å². The van der Waals surface area contributed by atoms with Crippen molar-refractivity contribution < 1.29 is 33.4 Å². The number of benzene rings is 2. The SMILES string of the molecule is CC(C)(C)OC(=O)CCC(NC(=O)CCCCCNC(=O)OCC1c2ccccc2-c2ccccc21)C(=O)OC(C)(C)C. The molecule has 9 nitrogen and oxygen atoms in total. The third kappa shape index (κ3) is 11.0. The van der Waals surface area contributed by atoms with Crippen LogP contribution in [0.1, 0.15) is 97.1 Å². The molecule has 43 heavy (non-hydrogen) atoms. The van der Waals surface area contributed by atoms with Gasteiger partial charge < -0.3 is 24.8 Å². The molecule has 2 aromatic carbocycles. The Balaban J connectivity index is 1.36. The molecule has 0 bridgehead atoms. The quantitative estimate of drug-likeness (QED) is 0.165. The van der Waals surface area contributed by atoms with Gasteiger partial charge >= 0.3 is 18.0 Å². The molecule has 1 aliphatic carbocycles. The number of amides is 2. The number of esters is 2. The van der Waals surface area contributed by atoms with E-state index < -0.39 is 35.3 Å². The monoisotopic (exact) mass is 594 g/mol. The minimum absolute atomic E-state index is 0.00491. The van der Waals surface area contributed by atoms with Crippen LogP contribution >= 0.6 is 0 Å². The topological polar surface area (TPSA) is 120 Å². The van der Waals surface area contributed by atoms with Crippen molar-refractivity contribution in [2.45, 2.75) is 103 Å². The fourth-order valence-corrected chi connectivity index (χ4v) is 4.97. The Bertz CT molecular complexity index is 1230. The number of alkyl carbamates (subject to hydrolysis) is 1. The van der Waals surface area contributed by atoms with E-state index in [0.717, 1.165) is 11.1 Å². The van der Waals surface area contributed by atoms with Gasteiger partial charge in [0.15, 0.2) is 0 Å². The Morgan fingerprint density at radius 3 is 1.93 bits per heavy atom. The van der Waals surface area contributed by atoms with Crippen LogP contribution in [0.5, 0.6) is 0 Å². The molecule has 1 atom stereocenters. The van der Waals surface area contributed by atoms with Gasteiger partial charge in [0.2, 0.25) is 5.91 Å². The highest BCUT2D eigenvalue weighted by Gasteiger charge is 2.30. The average Bonchev–Trinajstić information content (AvgIpc) is 3.23. The predicted octanol–water partition coefficient (Wildman–Crippen LogP) is 6.03. The van der Waals surface area contributed by atoms with Crippen molar-refractivity contribution in [1.82, 2.24) is 10.6 Å². The maximum atomic E-state index is 12.7. The van der Waals surface area contributed by atoms with Crippen molar-refractivity contribution >= 4 is 23.9 Å². The van der Waals surface area contributed by atoms with E-state index in [-0.39, 0.29) is 37.7 Å². The predicted molar refractivity (Wildman–Crippen MR) is 164 cm³/mol. The number of hydrogen-bond donors (Lipinski definition) is 2. The van der Waals surface area contributed by atoms with Crippen molar-refractivity contribution in [2.75, 3.05) is 13.2 Å². The molecule has 0 fully saturated rings. The molecule has 0 aromatic heterocycles. The minimum Gasteiger partial charge on any atom is -0.460 e. The number of carbonyl (C=O) groups is 4. The Kier molecular flexibility index (Phi) is 11.7. The molecular formula is C34H46N2O7. The molecule has 0 saturated carbocycles. The Hall–Kier alpha value is -3.88. The molecular weight excluding hydrogens is 548 g/mol. The van der Waals surface area contributed by atoms with Crippen molar-refractivity contribution in [3.05, 3.63) is 59.7 Å². The van der Waals surface area contributed by atoms with E-state index in [4.69, 9.17) is 14.2 Å². The highest BCUT2D eigenvalue weighted by atomic mass is 16.6. The molecule has 0 heterocycles. The highest BCUT2D eigenvalue weighted by Crippen LogP contribution is 2.44. The lowest BCUT2D eigenvalue weighted by molar-refractivity contribution is -0.160. The molecule has 0 aliphatic heterocycles. The van der Waals surface area contributed by atoms with Crippen LogP contribution in [-0.4, -0.2) is 54.3 Å². The molecule has 0 radical (unpaired) electrons. The molecule has 0 saturated heterocycles. The maximum absolute atomic E-state index is 12.7. The summed E-state index contributed by atoms with van der Waals surface area (Å²) in [6.45, 7) is 11.2. The minimum atomic E-state index is -0.950. The Labute approximate surface area is 255 Å². The van der Waals surface area contributed by atoms with Crippen molar-refractivity contribution in [1.29, 1.82) is 0 Å². The second-order valence-corrected chi connectivity index (χ2v) is 12.8. The molecule has 234 valence electrons. The van der Waals surface area contributed by atoms with Gasteiger partial charge in [-0.15, -0.1) is 0 Å².